The summed E-state index contributed by atoms with van der Waals surface area (Å²) in [6.45, 7) is 1.90. The molecule has 0 bridgehead atoms. The summed E-state index contributed by atoms with van der Waals surface area (Å²) in [4.78, 5) is 10.5. The molecule has 6 heteroatoms. The number of aliphatic carboxylic acids is 1. The summed E-state index contributed by atoms with van der Waals surface area (Å²) in [5.74, 6) is -1.01. The third-order valence-electron chi connectivity index (χ3n) is 2.52. The average molecular weight is 283 g/mol. The van der Waals surface area contributed by atoms with Crippen LogP contribution in [0.3, 0.4) is 0 Å². The maximum atomic E-state index is 12.0. The minimum Gasteiger partial charge on any atom is -0.481 e. The second-order valence-corrected chi connectivity index (χ2v) is 5.71. The molecule has 0 fully saturated rings. The maximum absolute atomic E-state index is 12.0. The van der Waals surface area contributed by atoms with Crippen LogP contribution in [0.1, 0.15) is 18.9 Å². The highest BCUT2D eigenvalue weighted by molar-refractivity contribution is 7.92. The van der Waals surface area contributed by atoms with Gasteiger partial charge in [-0.2, -0.15) is 4.31 Å². The molecule has 1 aromatic rings. The molecule has 0 spiro atoms. The summed E-state index contributed by atoms with van der Waals surface area (Å²) < 4.78 is 25.1. The van der Waals surface area contributed by atoms with Gasteiger partial charge in [-0.1, -0.05) is 37.3 Å². The molecule has 1 aromatic carbocycles. The van der Waals surface area contributed by atoms with Crippen molar-refractivity contribution in [2.75, 3.05) is 13.1 Å². The molecule has 0 unspecified atom stereocenters. The largest absolute Gasteiger partial charge is 0.481 e. The van der Waals surface area contributed by atoms with Gasteiger partial charge in [-0.25, -0.2) is 8.42 Å². The third kappa shape index (κ3) is 5.23. The molecule has 0 atom stereocenters. The van der Waals surface area contributed by atoms with Crippen molar-refractivity contribution < 1.29 is 18.3 Å². The summed E-state index contributed by atoms with van der Waals surface area (Å²) in [6, 6.07) is 9.05. The van der Waals surface area contributed by atoms with E-state index in [0.717, 1.165) is 15.3 Å². The van der Waals surface area contributed by atoms with Crippen LogP contribution in [0.25, 0.3) is 6.08 Å². The fourth-order valence-electron chi connectivity index (χ4n) is 1.50. The number of hydrogen-bond acceptors (Lipinski definition) is 3. The van der Waals surface area contributed by atoms with Crippen LogP contribution in [0.4, 0.5) is 0 Å². The van der Waals surface area contributed by atoms with E-state index in [0.29, 0.717) is 0 Å². The van der Waals surface area contributed by atoms with Crippen molar-refractivity contribution in [1.82, 2.24) is 4.31 Å². The van der Waals surface area contributed by atoms with Gasteiger partial charge in [0, 0.05) is 18.5 Å². The van der Waals surface area contributed by atoms with E-state index in [9.17, 15) is 13.2 Å². The third-order valence-corrected chi connectivity index (χ3v) is 4.16. The zero-order valence-electron chi connectivity index (χ0n) is 10.7. The molecule has 104 valence electrons. The Hall–Kier alpha value is -1.66. The van der Waals surface area contributed by atoms with Crippen LogP contribution in [-0.4, -0.2) is 36.9 Å². The van der Waals surface area contributed by atoms with Crippen LogP contribution in [0.2, 0.25) is 0 Å². The van der Waals surface area contributed by atoms with Crippen LogP contribution < -0.4 is 0 Å². The summed E-state index contributed by atoms with van der Waals surface area (Å²) in [6.07, 6.45) is 1.30. The van der Waals surface area contributed by atoms with Crippen molar-refractivity contribution in [2.24, 2.45) is 0 Å². The van der Waals surface area contributed by atoms with Gasteiger partial charge in [0.15, 0.2) is 0 Å². The summed E-state index contributed by atoms with van der Waals surface area (Å²) in [5.41, 5.74) is 0.778. The maximum Gasteiger partial charge on any atom is 0.304 e. The first-order chi connectivity index (χ1) is 8.95. The number of nitrogens with zero attached hydrogens (tertiary/aromatic N) is 1. The lowest BCUT2D eigenvalue weighted by Crippen LogP contribution is -2.31. The summed E-state index contributed by atoms with van der Waals surface area (Å²) >= 11 is 0. The number of benzene rings is 1. The van der Waals surface area contributed by atoms with Crippen LogP contribution in [-0.2, 0) is 14.8 Å². The van der Waals surface area contributed by atoms with Crippen molar-refractivity contribution in [3.63, 3.8) is 0 Å². The Labute approximate surface area is 113 Å². The first kappa shape index (κ1) is 15.4. The zero-order chi connectivity index (χ0) is 14.3. The van der Waals surface area contributed by atoms with Crippen LogP contribution in [0.5, 0.6) is 0 Å². The Morgan fingerprint density at radius 1 is 1.32 bits per heavy atom. The van der Waals surface area contributed by atoms with Gasteiger partial charge in [0.2, 0.25) is 10.0 Å². The molecule has 0 heterocycles. The molecule has 1 rings (SSSR count). The highest BCUT2D eigenvalue weighted by Crippen LogP contribution is 2.08. The Balaban J connectivity index is 2.78. The van der Waals surface area contributed by atoms with E-state index in [4.69, 9.17) is 5.11 Å². The molecule has 5 nitrogen and oxygen atoms in total. The van der Waals surface area contributed by atoms with Crippen molar-refractivity contribution in [2.45, 2.75) is 13.3 Å². The molecule has 0 saturated heterocycles. The Kier molecular flexibility index (Phi) is 5.72. The van der Waals surface area contributed by atoms with Gasteiger partial charge in [0.1, 0.15) is 0 Å². The molecule has 0 aliphatic heterocycles. The molecule has 0 saturated carbocycles. The second-order valence-electron chi connectivity index (χ2n) is 3.89. The second kappa shape index (κ2) is 7.06. The number of hydrogen-bond donors (Lipinski definition) is 1. The molecule has 19 heavy (non-hydrogen) atoms. The normalized spacial score (nSPS) is 12.1. The van der Waals surface area contributed by atoms with E-state index < -0.39 is 16.0 Å². The SMILES string of the molecule is CCN(CCC(=O)O)S(=O)(=O)/C=C/c1ccccc1. The van der Waals surface area contributed by atoms with Crippen molar-refractivity contribution in [3.05, 3.63) is 41.3 Å². The fourth-order valence-corrected chi connectivity index (χ4v) is 2.71. The predicted molar refractivity (Wildman–Crippen MR) is 73.9 cm³/mol. The molecule has 0 aliphatic rings. The first-order valence-electron chi connectivity index (χ1n) is 5.91. The fraction of sp³-hybridized carbons (Fsp3) is 0.308. The van der Waals surface area contributed by atoms with Gasteiger partial charge in [0.25, 0.3) is 0 Å². The van der Waals surface area contributed by atoms with Gasteiger partial charge in [0.05, 0.1) is 6.42 Å². The molecule has 1 N–H and O–H groups in total. The van der Waals surface area contributed by atoms with E-state index in [1.54, 1.807) is 19.1 Å². The Morgan fingerprint density at radius 3 is 2.47 bits per heavy atom. The number of sulfonamides is 1. The van der Waals surface area contributed by atoms with Crippen LogP contribution in [0.15, 0.2) is 35.7 Å². The predicted octanol–water partition coefficient (Wildman–Crippen LogP) is 1.78. The first-order valence-corrected chi connectivity index (χ1v) is 7.41. The van der Waals surface area contributed by atoms with Gasteiger partial charge in [-0.05, 0) is 11.6 Å². The van der Waals surface area contributed by atoms with E-state index in [2.05, 4.69) is 0 Å². The van der Waals surface area contributed by atoms with Crippen LogP contribution in [0, 0.1) is 0 Å². The summed E-state index contributed by atoms with van der Waals surface area (Å²) in [5, 5.41) is 9.70. The Bertz CT molecular complexity index is 537. The van der Waals surface area contributed by atoms with E-state index in [1.807, 2.05) is 18.2 Å². The minimum atomic E-state index is -3.58. The molecular weight excluding hydrogens is 266 g/mol. The minimum absolute atomic E-state index is 0.0205. The molecule has 0 amide bonds. The zero-order valence-corrected chi connectivity index (χ0v) is 11.5. The lowest BCUT2D eigenvalue weighted by atomic mass is 10.2. The van der Waals surface area contributed by atoms with Crippen molar-refractivity contribution in [3.8, 4) is 0 Å². The van der Waals surface area contributed by atoms with Gasteiger partial charge in [-0.3, -0.25) is 4.79 Å². The van der Waals surface area contributed by atoms with Crippen LogP contribution >= 0.6 is 0 Å². The van der Waals surface area contributed by atoms with E-state index in [1.165, 1.54) is 6.08 Å². The topological polar surface area (TPSA) is 74.7 Å². The van der Waals surface area contributed by atoms with E-state index >= 15 is 0 Å². The Morgan fingerprint density at radius 2 is 1.95 bits per heavy atom. The number of carboxylic acids is 1. The molecule has 0 radical (unpaired) electrons. The lowest BCUT2D eigenvalue weighted by molar-refractivity contribution is -0.137. The smallest absolute Gasteiger partial charge is 0.304 e. The quantitative estimate of drug-likeness (QED) is 0.827. The highest BCUT2D eigenvalue weighted by Gasteiger charge is 2.17. The molecular formula is C13H17NO4S. The van der Waals surface area contributed by atoms with E-state index in [-0.39, 0.29) is 19.5 Å². The molecule has 0 aliphatic carbocycles. The molecule has 0 aromatic heterocycles. The van der Waals surface area contributed by atoms with Crippen molar-refractivity contribution in [1.29, 1.82) is 0 Å². The highest BCUT2D eigenvalue weighted by atomic mass is 32.2. The average Bonchev–Trinajstić information content (AvgIpc) is 2.38. The number of carbonyl (C=O) groups is 1. The summed E-state index contributed by atoms with van der Waals surface area (Å²) in [7, 11) is -3.58. The van der Waals surface area contributed by atoms with Gasteiger partial charge in [-0.15, -0.1) is 0 Å². The van der Waals surface area contributed by atoms with Gasteiger partial charge >= 0.3 is 5.97 Å². The standard InChI is InChI=1S/C13H17NO4S/c1-2-14(10-8-13(15)16)19(17,18)11-9-12-6-4-3-5-7-12/h3-7,9,11H,2,8,10H2,1H3,(H,15,16)/b11-9+. The lowest BCUT2D eigenvalue weighted by Gasteiger charge is -2.16. The number of carboxylic acid groups (broad SMARTS) is 1. The number of rotatable bonds is 7. The van der Waals surface area contributed by atoms with Gasteiger partial charge < -0.3 is 5.11 Å². The van der Waals surface area contributed by atoms with Crippen molar-refractivity contribution >= 4 is 22.1 Å². The monoisotopic (exact) mass is 283 g/mol.